The summed E-state index contributed by atoms with van der Waals surface area (Å²) in [6.07, 6.45) is 3.79. The van der Waals surface area contributed by atoms with Crippen molar-refractivity contribution in [1.29, 1.82) is 0 Å². The van der Waals surface area contributed by atoms with Gasteiger partial charge in [-0.2, -0.15) is 0 Å². The molecule has 0 unspecified atom stereocenters. The molecule has 3 aromatic heterocycles. The molecule has 7 heteroatoms. The summed E-state index contributed by atoms with van der Waals surface area (Å²) >= 11 is 6.37. The van der Waals surface area contributed by atoms with Crippen LogP contribution in [0.4, 0.5) is 0 Å². The Morgan fingerprint density at radius 1 is 1.13 bits per heavy atom. The minimum absolute atomic E-state index is 0.176. The number of hydrogen-bond acceptors (Lipinski definition) is 5. The van der Waals surface area contributed by atoms with Gasteiger partial charge in [0.1, 0.15) is 0 Å². The van der Waals surface area contributed by atoms with Gasteiger partial charge in [-0.05, 0) is 55.3 Å². The molecule has 6 nitrogen and oxygen atoms in total. The Balaban J connectivity index is 1.58. The molecule has 0 aliphatic carbocycles. The lowest BCUT2D eigenvalue weighted by Crippen LogP contribution is -2.10. The van der Waals surface area contributed by atoms with Gasteiger partial charge < -0.3 is 14.1 Å². The number of aryl methyl sites for hydroxylation is 1. The van der Waals surface area contributed by atoms with Gasteiger partial charge in [-0.15, -0.1) is 0 Å². The van der Waals surface area contributed by atoms with Crippen LogP contribution < -0.4 is 5.56 Å². The van der Waals surface area contributed by atoms with Crippen LogP contribution in [-0.4, -0.2) is 21.6 Å². The van der Waals surface area contributed by atoms with Gasteiger partial charge in [-0.3, -0.25) is 9.78 Å². The van der Waals surface area contributed by atoms with Crippen molar-refractivity contribution in [1.82, 2.24) is 15.0 Å². The van der Waals surface area contributed by atoms with E-state index >= 15 is 0 Å². The molecule has 0 saturated heterocycles. The lowest BCUT2D eigenvalue weighted by Gasteiger charge is -2.06. The second kappa shape index (κ2) is 9.29. The lowest BCUT2D eigenvalue weighted by atomic mass is 10.1. The minimum atomic E-state index is -0.176. The van der Waals surface area contributed by atoms with Crippen LogP contribution in [-0.2, 0) is 17.8 Å². The molecule has 0 spiro atoms. The molecule has 1 N–H and O–H groups in total. The molecular formula is C24H22ClN3O3. The second-order valence-corrected chi connectivity index (χ2v) is 7.58. The summed E-state index contributed by atoms with van der Waals surface area (Å²) in [5.41, 5.74) is 4.47. The van der Waals surface area contributed by atoms with Crippen molar-refractivity contribution in [3.05, 3.63) is 92.9 Å². The normalized spacial score (nSPS) is 11.1. The van der Waals surface area contributed by atoms with Crippen LogP contribution in [0, 0.1) is 6.92 Å². The molecule has 0 radical (unpaired) electrons. The van der Waals surface area contributed by atoms with E-state index in [0.717, 1.165) is 22.4 Å². The van der Waals surface area contributed by atoms with Crippen LogP contribution in [0.1, 0.15) is 29.6 Å². The third-order valence-electron chi connectivity index (χ3n) is 4.85. The summed E-state index contributed by atoms with van der Waals surface area (Å²) in [4.78, 5) is 23.8. The average molecular weight is 436 g/mol. The minimum Gasteiger partial charge on any atom is -0.440 e. The number of nitrogens with one attached hydrogen (secondary N) is 1. The van der Waals surface area contributed by atoms with Crippen LogP contribution in [0.15, 0.2) is 64.1 Å². The van der Waals surface area contributed by atoms with Crippen LogP contribution >= 0.6 is 11.6 Å². The van der Waals surface area contributed by atoms with Crippen LogP contribution in [0.5, 0.6) is 0 Å². The van der Waals surface area contributed by atoms with Crippen LogP contribution in [0.25, 0.3) is 22.6 Å². The first-order valence-corrected chi connectivity index (χ1v) is 10.4. The van der Waals surface area contributed by atoms with Gasteiger partial charge >= 0.3 is 0 Å². The summed E-state index contributed by atoms with van der Waals surface area (Å²) in [6.45, 7) is 4.99. The molecule has 1 aromatic carbocycles. The molecule has 4 aromatic rings. The summed E-state index contributed by atoms with van der Waals surface area (Å²) in [6, 6.07) is 13.1. The van der Waals surface area contributed by atoms with Gasteiger partial charge in [0.15, 0.2) is 11.7 Å². The average Bonchev–Trinajstić information content (AvgIpc) is 3.23. The fraction of sp³-hybridized carbons (Fsp3) is 0.208. The molecule has 0 amide bonds. The Morgan fingerprint density at radius 3 is 2.81 bits per heavy atom. The fourth-order valence-corrected chi connectivity index (χ4v) is 3.45. The zero-order chi connectivity index (χ0) is 21.8. The number of aromatic nitrogens is 3. The monoisotopic (exact) mass is 435 g/mol. The van der Waals surface area contributed by atoms with Crippen LogP contribution in [0.3, 0.4) is 0 Å². The number of H-pyrrole nitrogens is 1. The quantitative estimate of drug-likeness (QED) is 0.432. The Hall–Kier alpha value is -3.22. The van der Waals surface area contributed by atoms with E-state index in [9.17, 15) is 4.79 Å². The molecule has 0 aliphatic rings. The highest BCUT2D eigenvalue weighted by Gasteiger charge is 2.12. The SMILES string of the molecule is CCOCc1ccc(Cl)c(Cc2ncc(-c3ccnc(-c4ccc(C)[nH]c4=O)c3)o2)c1. The zero-order valence-electron chi connectivity index (χ0n) is 17.3. The molecule has 4 rings (SSSR count). The van der Waals surface area contributed by atoms with Gasteiger partial charge in [0, 0.05) is 29.1 Å². The molecule has 158 valence electrons. The number of nitrogens with zero attached hydrogens (tertiary/aromatic N) is 2. The van der Waals surface area contributed by atoms with Crippen molar-refractivity contribution in [2.24, 2.45) is 0 Å². The number of ether oxygens (including phenoxy) is 1. The van der Waals surface area contributed by atoms with Gasteiger partial charge in [-0.1, -0.05) is 23.7 Å². The van der Waals surface area contributed by atoms with E-state index in [0.29, 0.717) is 47.6 Å². The van der Waals surface area contributed by atoms with Gasteiger partial charge in [0.2, 0.25) is 0 Å². The number of pyridine rings is 2. The Morgan fingerprint density at radius 2 is 2.00 bits per heavy atom. The van der Waals surface area contributed by atoms with E-state index < -0.39 is 0 Å². The molecule has 0 saturated carbocycles. The fourth-order valence-electron chi connectivity index (χ4n) is 3.27. The summed E-state index contributed by atoms with van der Waals surface area (Å²) in [7, 11) is 0. The number of hydrogen-bond donors (Lipinski definition) is 1. The predicted octanol–water partition coefficient (Wildman–Crippen LogP) is 5.18. The molecule has 0 fully saturated rings. The number of halogens is 1. The van der Waals surface area contributed by atoms with Crippen molar-refractivity contribution >= 4 is 11.6 Å². The van der Waals surface area contributed by atoms with E-state index in [1.165, 1.54) is 0 Å². The highest BCUT2D eigenvalue weighted by Crippen LogP contribution is 2.26. The first-order valence-electron chi connectivity index (χ1n) is 10.00. The van der Waals surface area contributed by atoms with Crippen molar-refractivity contribution in [2.45, 2.75) is 26.9 Å². The third kappa shape index (κ3) is 4.93. The van der Waals surface area contributed by atoms with E-state index in [1.54, 1.807) is 18.5 Å². The van der Waals surface area contributed by atoms with Crippen molar-refractivity contribution in [3.63, 3.8) is 0 Å². The molecule has 0 aliphatic heterocycles. The Labute approximate surface area is 184 Å². The molecule has 0 atom stereocenters. The molecule has 3 heterocycles. The standard InChI is InChI=1S/C24H22ClN3O3/c1-3-30-14-16-5-7-20(25)18(10-16)12-23-27-13-22(31-23)17-8-9-26-21(11-17)19-6-4-15(2)28-24(19)29/h4-11,13H,3,12,14H2,1-2H3,(H,28,29). The number of oxazole rings is 1. The largest absolute Gasteiger partial charge is 0.440 e. The van der Waals surface area contributed by atoms with E-state index in [4.69, 9.17) is 20.8 Å². The highest BCUT2D eigenvalue weighted by molar-refractivity contribution is 6.31. The predicted molar refractivity (Wildman–Crippen MR) is 120 cm³/mol. The van der Waals surface area contributed by atoms with E-state index in [2.05, 4.69) is 15.0 Å². The number of aromatic amines is 1. The molecule has 0 bridgehead atoms. The number of rotatable bonds is 7. The van der Waals surface area contributed by atoms with Gasteiger partial charge in [0.25, 0.3) is 5.56 Å². The van der Waals surface area contributed by atoms with E-state index in [-0.39, 0.29) is 5.56 Å². The highest BCUT2D eigenvalue weighted by atomic mass is 35.5. The molecule has 31 heavy (non-hydrogen) atoms. The third-order valence-corrected chi connectivity index (χ3v) is 5.22. The Kier molecular flexibility index (Phi) is 6.30. The maximum absolute atomic E-state index is 12.3. The first-order chi connectivity index (χ1) is 15.0. The Bertz CT molecular complexity index is 1260. The van der Waals surface area contributed by atoms with Crippen molar-refractivity contribution < 1.29 is 9.15 Å². The summed E-state index contributed by atoms with van der Waals surface area (Å²) < 4.78 is 11.5. The first kappa shape index (κ1) is 21.0. The maximum atomic E-state index is 12.3. The molecular weight excluding hydrogens is 414 g/mol. The lowest BCUT2D eigenvalue weighted by molar-refractivity contribution is 0.134. The second-order valence-electron chi connectivity index (χ2n) is 7.17. The summed E-state index contributed by atoms with van der Waals surface area (Å²) in [5.74, 6) is 1.15. The van der Waals surface area contributed by atoms with Gasteiger partial charge in [-0.25, -0.2) is 4.98 Å². The van der Waals surface area contributed by atoms with Crippen LogP contribution in [0.2, 0.25) is 5.02 Å². The maximum Gasteiger partial charge on any atom is 0.257 e. The van der Waals surface area contributed by atoms with E-state index in [1.807, 2.05) is 50.2 Å². The van der Waals surface area contributed by atoms with Gasteiger partial charge in [0.05, 0.1) is 30.5 Å². The smallest absolute Gasteiger partial charge is 0.257 e. The van der Waals surface area contributed by atoms with Crippen molar-refractivity contribution in [2.75, 3.05) is 6.61 Å². The topological polar surface area (TPSA) is 81.0 Å². The summed E-state index contributed by atoms with van der Waals surface area (Å²) in [5, 5.41) is 0.657. The van der Waals surface area contributed by atoms with Crippen molar-refractivity contribution in [3.8, 4) is 22.6 Å². The number of benzene rings is 1. The zero-order valence-corrected chi connectivity index (χ0v) is 18.1.